The van der Waals surface area contributed by atoms with Crippen LogP contribution in [0.1, 0.15) is 50.3 Å². The van der Waals surface area contributed by atoms with Crippen molar-refractivity contribution in [2.24, 2.45) is 5.92 Å². The van der Waals surface area contributed by atoms with Crippen LogP contribution < -0.4 is 0 Å². The summed E-state index contributed by atoms with van der Waals surface area (Å²) in [4.78, 5) is 0. The molecule has 1 aliphatic heterocycles. The van der Waals surface area contributed by atoms with Crippen LogP contribution in [0.25, 0.3) is 5.57 Å². The van der Waals surface area contributed by atoms with Crippen molar-refractivity contribution >= 4 is 17.3 Å². The first kappa shape index (κ1) is 13.5. The van der Waals surface area contributed by atoms with Gasteiger partial charge in [-0.25, -0.2) is 0 Å². The molecule has 0 nitrogen and oxygen atoms in total. The first-order chi connectivity index (χ1) is 8.61. The lowest BCUT2D eigenvalue weighted by molar-refractivity contribution is 0.826. The molecular formula is C17H22S. The Hall–Kier alpha value is -0.950. The molecule has 0 spiro atoms. The summed E-state index contributed by atoms with van der Waals surface area (Å²) in [6.07, 6.45) is 4.49. The van der Waals surface area contributed by atoms with Crippen LogP contribution in [0.3, 0.4) is 0 Å². The summed E-state index contributed by atoms with van der Waals surface area (Å²) in [7, 11) is 0. The number of hydrogen-bond donors (Lipinski definition) is 0. The highest BCUT2D eigenvalue weighted by Crippen LogP contribution is 2.36. The van der Waals surface area contributed by atoms with Crippen molar-refractivity contribution in [1.82, 2.24) is 0 Å². The molecule has 0 bridgehead atoms. The highest BCUT2D eigenvalue weighted by Gasteiger charge is 2.17. The Kier molecular flexibility index (Phi) is 4.34. The van der Waals surface area contributed by atoms with Crippen LogP contribution in [0.4, 0.5) is 0 Å². The van der Waals surface area contributed by atoms with E-state index in [2.05, 4.69) is 63.5 Å². The largest absolute Gasteiger partial charge is 0.129 e. The molecule has 1 aliphatic rings. The Morgan fingerprint density at radius 3 is 2.50 bits per heavy atom. The Morgan fingerprint density at radius 2 is 1.83 bits per heavy atom. The lowest BCUT2D eigenvalue weighted by Gasteiger charge is -2.22. The van der Waals surface area contributed by atoms with Crippen molar-refractivity contribution in [2.45, 2.75) is 39.4 Å². The van der Waals surface area contributed by atoms with Crippen LogP contribution in [0.2, 0.25) is 0 Å². The van der Waals surface area contributed by atoms with E-state index in [1.165, 1.54) is 22.3 Å². The maximum atomic E-state index is 2.29. The fraction of sp³-hybridized carbons (Fsp3) is 0.412. The van der Waals surface area contributed by atoms with E-state index < -0.39 is 0 Å². The highest BCUT2D eigenvalue weighted by atomic mass is 32.2. The second kappa shape index (κ2) is 5.79. The van der Waals surface area contributed by atoms with Crippen molar-refractivity contribution in [1.29, 1.82) is 0 Å². The smallest absolute Gasteiger partial charge is 0.0232 e. The monoisotopic (exact) mass is 258 g/mol. The molecule has 0 aromatic heterocycles. The van der Waals surface area contributed by atoms with Gasteiger partial charge in [-0.1, -0.05) is 58.0 Å². The minimum absolute atomic E-state index is 0.566. The Morgan fingerprint density at radius 1 is 1.06 bits per heavy atom. The molecule has 1 heteroatoms. The van der Waals surface area contributed by atoms with Gasteiger partial charge < -0.3 is 0 Å². The zero-order chi connectivity index (χ0) is 13.1. The first-order valence-electron chi connectivity index (χ1n) is 6.71. The third-order valence-electron chi connectivity index (χ3n) is 3.41. The summed E-state index contributed by atoms with van der Waals surface area (Å²) in [6, 6.07) is 6.78. The average Bonchev–Trinajstić information content (AvgIpc) is 2.28. The van der Waals surface area contributed by atoms with Gasteiger partial charge in [-0.3, -0.25) is 0 Å². The van der Waals surface area contributed by atoms with Gasteiger partial charge in [-0.15, -0.1) is 11.8 Å². The number of benzene rings is 1. The van der Waals surface area contributed by atoms with Crippen molar-refractivity contribution < 1.29 is 0 Å². The lowest BCUT2D eigenvalue weighted by atomic mass is 9.84. The van der Waals surface area contributed by atoms with Gasteiger partial charge in [-0.2, -0.15) is 0 Å². The zero-order valence-electron chi connectivity index (χ0n) is 11.7. The van der Waals surface area contributed by atoms with Crippen LogP contribution in [0.15, 0.2) is 35.8 Å². The first-order valence-corrected chi connectivity index (χ1v) is 7.76. The number of hydrogen-bond acceptors (Lipinski definition) is 1. The van der Waals surface area contributed by atoms with Gasteiger partial charge in [-0.05, 0) is 39.5 Å². The van der Waals surface area contributed by atoms with E-state index in [-0.39, 0.29) is 0 Å². The second-order valence-corrected chi connectivity index (χ2v) is 6.35. The van der Waals surface area contributed by atoms with Gasteiger partial charge in [0.05, 0.1) is 0 Å². The molecule has 1 aromatic rings. The number of rotatable bonds is 2. The average molecular weight is 258 g/mol. The minimum Gasteiger partial charge on any atom is -0.129 e. The molecule has 18 heavy (non-hydrogen) atoms. The Labute approximate surface area is 115 Å². The van der Waals surface area contributed by atoms with Gasteiger partial charge in [0, 0.05) is 5.75 Å². The number of thioether (sulfide) groups is 1. The molecule has 0 saturated carbocycles. The molecule has 0 saturated heterocycles. The van der Waals surface area contributed by atoms with Crippen LogP contribution in [-0.2, 0) is 5.75 Å². The molecular weight excluding hydrogens is 236 g/mol. The van der Waals surface area contributed by atoms with Crippen LogP contribution in [0, 0.1) is 5.92 Å². The summed E-state index contributed by atoms with van der Waals surface area (Å²) in [5.74, 6) is 2.23. The predicted molar refractivity (Wildman–Crippen MR) is 83.8 cm³/mol. The van der Waals surface area contributed by atoms with E-state index in [4.69, 9.17) is 0 Å². The third-order valence-corrected chi connectivity index (χ3v) is 4.23. The standard InChI is InChI=1S/C17H22S/c1-12(2)15-8-5-7-14-11-18-10-6-9-16(13(3)4)17(14)15/h5-10,12-13H,11H2,1-4H3/b10-6-,16-9-. The van der Waals surface area contributed by atoms with Gasteiger partial charge in [0.15, 0.2) is 0 Å². The molecule has 0 aliphatic carbocycles. The summed E-state index contributed by atoms with van der Waals surface area (Å²) in [5, 5.41) is 2.20. The lowest BCUT2D eigenvalue weighted by Crippen LogP contribution is -2.05. The van der Waals surface area contributed by atoms with Crippen molar-refractivity contribution in [2.75, 3.05) is 0 Å². The van der Waals surface area contributed by atoms with Crippen molar-refractivity contribution in [3.05, 3.63) is 52.4 Å². The molecule has 0 amide bonds. The van der Waals surface area contributed by atoms with Crippen molar-refractivity contribution in [3.63, 3.8) is 0 Å². The van der Waals surface area contributed by atoms with E-state index in [1.807, 2.05) is 11.8 Å². The molecule has 0 fully saturated rings. The number of fused-ring (bicyclic) bond motifs is 1. The third kappa shape index (κ3) is 2.72. The fourth-order valence-corrected chi connectivity index (χ4v) is 3.18. The number of allylic oxidation sites excluding steroid dienone is 3. The zero-order valence-corrected chi connectivity index (χ0v) is 12.6. The summed E-state index contributed by atoms with van der Waals surface area (Å²) in [5.41, 5.74) is 5.95. The predicted octanol–water partition coefficient (Wildman–Crippen LogP) is 5.61. The maximum Gasteiger partial charge on any atom is 0.0232 e. The maximum absolute atomic E-state index is 2.29. The normalized spacial score (nSPS) is 20.0. The highest BCUT2D eigenvalue weighted by molar-refractivity contribution is 8.01. The Bertz CT molecular complexity index is 478. The molecule has 1 heterocycles. The quantitative estimate of drug-likeness (QED) is 0.664. The molecule has 0 atom stereocenters. The fourth-order valence-electron chi connectivity index (χ4n) is 2.47. The van der Waals surface area contributed by atoms with E-state index in [1.54, 1.807) is 0 Å². The van der Waals surface area contributed by atoms with E-state index >= 15 is 0 Å². The van der Waals surface area contributed by atoms with Crippen LogP contribution >= 0.6 is 11.8 Å². The molecule has 0 radical (unpaired) electrons. The van der Waals surface area contributed by atoms with Gasteiger partial charge >= 0.3 is 0 Å². The van der Waals surface area contributed by atoms with Crippen LogP contribution in [-0.4, -0.2) is 0 Å². The molecule has 2 rings (SSSR count). The van der Waals surface area contributed by atoms with Gasteiger partial charge in [0.1, 0.15) is 0 Å². The minimum atomic E-state index is 0.566. The SMILES string of the molecule is CC(C)/C1=C/C=C\SCc2cccc(C(C)C)c21. The summed E-state index contributed by atoms with van der Waals surface area (Å²) >= 11 is 1.88. The van der Waals surface area contributed by atoms with E-state index in [0.717, 1.165) is 5.75 Å². The van der Waals surface area contributed by atoms with E-state index in [9.17, 15) is 0 Å². The topological polar surface area (TPSA) is 0 Å². The Balaban J connectivity index is 2.65. The summed E-state index contributed by atoms with van der Waals surface area (Å²) in [6.45, 7) is 9.15. The van der Waals surface area contributed by atoms with E-state index in [0.29, 0.717) is 11.8 Å². The van der Waals surface area contributed by atoms with Gasteiger partial charge in [0.25, 0.3) is 0 Å². The molecule has 0 unspecified atom stereocenters. The van der Waals surface area contributed by atoms with Gasteiger partial charge in [0.2, 0.25) is 0 Å². The molecule has 0 N–H and O–H groups in total. The van der Waals surface area contributed by atoms with Crippen LogP contribution in [0.5, 0.6) is 0 Å². The molecule has 96 valence electrons. The summed E-state index contributed by atoms with van der Waals surface area (Å²) < 4.78 is 0. The molecule has 1 aromatic carbocycles. The second-order valence-electron chi connectivity index (χ2n) is 5.45. The van der Waals surface area contributed by atoms with Crippen molar-refractivity contribution in [3.8, 4) is 0 Å².